The van der Waals surface area contributed by atoms with E-state index >= 15 is 0 Å². The van der Waals surface area contributed by atoms with Crippen LogP contribution in [0.4, 0.5) is 0 Å². The van der Waals surface area contributed by atoms with Crippen LogP contribution in [-0.4, -0.2) is 45.3 Å². The number of rotatable bonds is 2. The first kappa shape index (κ1) is 29.8. The normalized spacial score (nSPS) is 9.92. The van der Waals surface area contributed by atoms with E-state index in [0.717, 1.165) is 4.57 Å². The van der Waals surface area contributed by atoms with Gasteiger partial charge in [0.25, 0.3) is 11.1 Å². The van der Waals surface area contributed by atoms with Crippen LogP contribution in [0, 0.1) is 0 Å². The molecule has 36 heavy (non-hydrogen) atoms. The standard InChI is InChI=1S/C11H9ClN2O3.C11H10N2O4.2CH4/c1-14-9(15)7-4-3-6(10(16)17-2)5-8(7)13-11(14)12;1-13-9(14)7-4-3-6(10(15)17-2)5-8(7)12-11(13)16;;/h3-5H,1-2H3;3-5H,1-2H3,(H,12,16);2*1H4. The lowest BCUT2D eigenvalue weighted by Crippen LogP contribution is -2.32. The molecule has 12 heteroatoms. The molecule has 0 aliphatic rings. The molecule has 0 saturated heterocycles. The van der Waals surface area contributed by atoms with Crippen molar-refractivity contribution in [2.45, 2.75) is 14.9 Å². The van der Waals surface area contributed by atoms with Crippen molar-refractivity contribution in [1.82, 2.24) is 19.1 Å². The molecule has 0 saturated carbocycles. The quantitative estimate of drug-likeness (QED) is 0.315. The number of fused-ring (bicyclic) bond motifs is 2. The van der Waals surface area contributed by atoms with Crippen molar-refractivity contribution in [3.8, 4) is 0 Å². The van der Waals surface area contributed by atoms with E-state index in [-0.39, 0.29) is 31.3 Å². The Morgan fingerprint density at radius 1 is 0.833 bits per heavy atom. The molecule has 0 atom stereocenters. The third-order valence-electron chi connectivity index (χ3n) is 4.97. The lowest BCUT2D eigenvalue weighted by Gasteiger charge is -2.04. The molecular weight excluding hydrogens is 492 g/mol. The van der Waals surface area contributed by atoms with E-state index in [2.05, 4.69) is 19.4 Å². The highest BCUT2D eigenvalue weighted by Crippen LogP contribution is 2.14. The maximum absolute atomic E-state index is 11.8. The average Bonchev–Trinajstić information content (AvgIpc) is 2.84. The topological polar surface area (TPSA) is 142 Å². The van der Waals surface area contributed by atoms with Crippen LogP contribution >= 0.6 is 11.6 Å². The number of ether oxygens (including phenoxy) is 2. The Hall–Kier alpha value is -4.25. The molecule has 4 aromatic rings. The van der Waals surface area contributed by atoms with Crippen LogP contribution in [0.2, 0.25) is 5.28 Å². The Balaban J connectivity index is 0.000000341. The van der Waals surface area contributed by atoms with E-state index in [0.29, 0.717) is 27.4 Å². The van der Waals surface area contributed by atoms with Crippen LogP contribution in [-0.2, 0) is 23.6 Å². The molecule has 0 amide bonds. The van der Waals surface area contributed by atoms with Gasteiger partial charge < -0.3 is 14.5 Å². The van der Waals surface area contributed by atoms with Crippen LogP contribution in [0.25, 0.3) is 21.8 Å². The second kappa shape index (κ2) is 11.9. The molecule has 0 unspecified atom stereocenters. The molecule has 1 N–H and O–H groups in total. The average molecular weight is 519 g/mol. The number of carbonyl (C=O) groups is 2. The van der Waals surface area contributed by atoms with Gasteiger partial charge in [-0.25, -0.2) is 19.4 Å². The van der Waals surface area contributed by atoms with Crippen LogP contribution < -0.4 is 16.8 Å². The predicted octanol–water partition coefficient (Wildman–Crippen LogP) is 2.66. The number of nitrogens with zero attached hydrogens (tertiary/aromatic N) is 3. The molecular formula is C24H27ClN4O7. The summed E-state index contributed by atoms with van der Waals surface area (Å²) in [7, 11) is 5.47. The number of hydrogen-bond acceptors (Lipinski definition) is 8. The zero-order valence-corrected chi connectivity index (χ0v) is 19.3. The molecule has 2 aromatic heterocycles. The summed E-state index contributed by atoms with van der Waals surface area (Å²) in [5, 5.41) is 0.828. The summed E-state index contributed by atoms with van der Waals surface area (Å²) >= 11 is 5.79. The fourth-order valence-corrected chi connectivity index (χ4v) is 3.21. The first-order valence-corrected chi connectivity index (χ1v) is 10.0. The molecule has 2 heterocycles. The fraction of sp³-hybridized carbons (Fsp3) is 0.250. The summed E-state index contributed by atoms with van der Waals surface area (Å²) in [6.07, 6.45) is 0. The van der Waals surface area contributed by atoms with Crippen molar-refractivity contribution in [3.05, 3.63) is 84.0 Å². The highest BCUT2D eigenvalue weighted by atomic mass is 35.5. The van der Waals surface area contributed by atoms with Gasteiger partial charge in [0.05, 0.1) is 47.2 Å². The van der Waals surface area contributed by atoms with Gasteiger partial charge >= 0.3 is 17.6 Å². The maximum atomic E-state index is 11.8. The Morgan fingerprint density at radius 2 is 1.33 bits per heavy atom. The van der Waals surface area contributed by atoms with Crippen LogP contribution in [0.5, 0.6) is 0 Å². The monoisotopic (exact) mass is 518 g/mol. The van der Waals surface area contributed by atoms with Gasteiger partial charge in [-0.3, -0.25) is 18.7 Å². The highest BCUT2D eigenvalue weighted by molar-refractivity contribution is 6.28. The summed E-state index contributed by atoms with van der Waals surface area (Å²) in [5.74, 6) is -1.00. The molecule has 0 radical (unpaired) electrons. The van der Waals surface area contributed by atoms with Gasteiger partial charge in [0, 0.05) is 14.1 Å². The molecule has 192 valence electrons. The summed E-state index contributed by atoms with van der Waals surface area (Å²) in [4.78, 5) is 64.1. The van der Waals surface area contributed by atoms with E-state index < -0.39 is 23.2 Å². The first-order valence-electron chi connectivity index (χ1n) is 9.65. The summed E-state index contributed by atoms with van der Waals surface area (Å²) in [6, 6.07) is 8.92. The number of benzene rings is 2. The summed E-state index contributed by atoms with van der Waals surface area (Å²) < 4.78 is 11.4. The SMILES string of the molecule is C.C.COC(=O)c1ccc2c(=O)n(C)c(=O)[nH]c2c1.COC(=O)c1ccc2c(=O)n(C)c(Cl)nc2c1. The number of aromatic nitrogens is 4. The molecule has 0 aliphatic heterocycles. The van der Waals surface area contributed by atoms with Gasteiger partial charge in [0.1, 0.15) is 0 Å². The minimum Gasteiger partial charge on any atom is -0.465 e. The maximum Gasteiger partial charge on any atom is 0.337 e. The van der Waals surface area contributed by atoms with Crippen molar-refractivity contribution in [2.75, 3.05) is 14.2 Å². The number of nitrogens with one attached hydrogen (secondary N) is 1. The van der Waals surface area contributed by atoms with E-state index in [1.54, 1.807) is 0 Å². The minimum atomic E-state index is -0.524. The van der Waals surface area contributed by atoms with Crippen LogP contribution in [0.3, 0.4) is 0 Å². The molecule has 4 rings (SSSR count). The number of methoxy groups -OCH3 is 2. The van der Waals surface area contributed by atoms with Crippen molar-refractivity contribution in [1.29, 1.82) is 0 Å². The Labute approximate surface area is 210 Å². The molecule has 11 nitrogen and oxygen atoms in total. The lowest BCUT2D eigenvalue weighted by molar-refractivity contribution is 0.0592. The highest BCUT2D eigenvalue weighted by Gasteiger charge is 2.11. The summed E-state index contributed by atoms with van der Waals surface area (Å²) in [5.41, 5.74) is 0.129. The van der Waals surface area contributed by atoms with Gasteiger partial charge in [0.15, 0.2) is 0 Å². The van der Waals surface area contributed by atoms with Gasteiger partial charge in [-0.2, -0.15) is 0 Å². The van der Waals surface area contributed by atoms with E-state index in [1.807, 2.05) is 0 Å². The van der Waals surface area contributed by atoms with Gasteiger partial charge in [-0.05, 0) is 48.0 Å². The number of hydrogen-bond donors (Lipinski definition) is 1. The van der Waals surface area contributed by atoms with Crippen molar-refractivity contribution >= 4 is 45.3 Å². The molecule has 0 bridgehead atoms. The number of aromatic amines is 1. The molecule has 0 spiro atoms. The Kier molecular flexibility index (Phi) is 9.87. The van der Waals surface area contributed by atoms with Crippen LogP contribution in [0.15, 0.2) is 50.8 Å². The number of carbonyl (C=O) groups excluding carboxylic acids is 2. The van der Waals surface area contributed by atoms with Gasteiger partial charge in [-0.15, -0.1) is 0 Å². The number of halogens is 1. The van der Waals surface area contributed by atoms with E-state index in [1.165, 1.54) is 69.3 Å². The van der Waals surface area contributed by atoms with E-state index in [4.69, 9.17) is 11.6 Å². The third-order valence-corrected chi connectivity index (χ3v) is 5.30. The lowest BCUT2D eigenvalue weighted by atomic mass is 10.1. The number of esters is 2. The Bertz CT molecular complexity index is 1620. The van der Waals surface area contributed by atoms with Gasteiger partial charge in [-0.1, -0.05) is 14.9 Å². The van der Waals surface area contributed by atoms with Gasteiger partial charge in [0.2, 0.25) is 5.28 Å². The largest absolute Gasteiger partial charge is 0.465 e. The summed E-state index contributed by atoms with van der Waals surface area (Å²) in [6.45, 7) is 0. The van der Waals surface area contributed by atoms with Crippen LogP contribution in [0.1, 0.15) is 35.6 Å². The zero-order chi connectivity index (χ0) is 25.2. The zero-order valence-electron chi connectivity index (χ0n) is 18.5. The second-order valence-corrected chi connectivity index (χ2v) is 7.35. The minimum absolute atomic E-state index is 0. The Morgan fingerprint density at radius 3 is 1.89 bits per heavy atom. The third kappa shape index (κ3) is 5.69. The molecule has 0 aliphatic carbocycles. The molecule has 2 aromatic carbocycles. The van der Waals surface area contributed by atoms with Crippen molar-refractivity contribution in [2.24, 2.45) is 14.1 Å². The van der Waals surface area contributed by atoms with Crippen molar-refractivity contribution in [3.63, 3.8) is 0 Å². The second-order valence-electron chi connectivity index (χ2n) is 7.01. The smallest absolute Gasteiger partial charge is 0.337 e. The molecule has 0 fully saturated rings. The fourth-order valence-electron chi connectivity index (χ4n) is 3.04. The van der Waals surface area contributed by atoms with E-state index in [9.17, 15) is 24.0 Å². The van der Waals surface area contributed by atoms with Crippen molar-refractivity contribution < 1.29 is 19.1 Å². The predicted molar refractivity (Wildman–Crippen MR) is 138 cm³/mol. The number of H-pyrrole nitrogens is 1. The first-order chi connectivity index (χ1) is 16.1.